The molecule has 0 saturated heterocycles. The zero-order valence-corrected chi connectivity index (χ0v) is 18.0. The lowest BCUT2D eigenvalue weighted by Crippen LogP contribution is -2.42. The van der Waals surface area contributed by atoms with Crippen LogP contribution in [0.4, 0.5) is 0 Å². The number of carboxylic acids is 1. The van der Waals surface area contributed by atoms with Crippen LogP contribution in [0, 0.1) is 0 Å². The van der Waals surface area contributed by atoms with Crippen LogP contribution >= 0.6 is 0 Å². The molecule has 0 bridgehead atoms. The minimum Gasteiger partial charge on any atom is -0.480 e. The van der Waals surface area contributed by atoms with Crippen molar-refractivity contribution in [3.05, 3.63) is 59.7 Å². The van der Waals surface area contributed by atoms with Crippen molar-refractivity contribution in [1.82, 2.24) is 5.32 Å². The Morgan fingerprint density at radius 2 is 1.56 bits per heavy atom. The van der Waals surface area contributed by atoms with E-state index in [0.717, 1.165) is 0 Å². The van der Waals surface area contributed by atoms with E-state index in [1.165, 1.54) is 26.0 Å². The first-order valence-corrected chi connectivity index (χ1v) is 9.87. The Labute approximate surface area is 185 Å². The molecule has 170 valence electrons. The third kappa shape index (κ3) is 7.84. The molecule has 2 N–H and O–H groups in total. The highest BCUT2D eigenvalue weighted by molar-refractivity contribution is 5.89. The molecule has 2 atom stereocenters. The molecule has 0 heterocycles. The van der Waals surface area contributed by atoms with E-state index in [9.17, 15) is 24.3 Å². The number of benzene rings is 2. The number of aliphatic carboxylic acids is 1. The number of carbonyl (C=O) groups is 4. The topological polar surface area (TPSA) is 128 Å². The van der Waals surface area contributed by atoms with Gasteiger partial charge in [-0.1, -0.05) is 24.3 Å². The lowest BCUT2D eigenvalue weighted by molar-refractivity contribution is -0.139. The molecule has 2 aromatic rings. The zero-order valence-electron chi connectivity index (χ0n) is 18.0. The van der Waals surface area contributed by atoms with E-state index in [-0.39, 0.29) is 24.5 Å². The summed E-state index contributed by atoms with van der Waals surface area (Å²) in [4.78, 5) is 46.4. The summed E-state index contributed by atoms with van der Waals surface area (Å²) in [7, 11) is 0. The van der Waals surface area contributed by atoms with E-state index in [2.05, 4.69) is 5.32 Å². The summed E-state index contributed by atoms with van der Waals surface area (Å²) in [6.45, 7) is 4.17. The number of ether oxygens (including phenoxy) is 3. The van der Waals surface area contributed by atoms with Crippen LogP contribution in [0.5, 0.6) is 11.5 Å². The van der Waals surface area contributed by atoms with Gasteiger partial charge in [-0.3, -0.25) is 14.4 Å². The molecule has 0 spiro atoms. The first-order valence-electron chi connectivity index (χ1n) is 9.87. The first-order chi connectivity index (χ1) is 15.2. The number of hydrogen-bond donors (Lipinski definition) is 2. The fraction of sp³-hybridized carbons (Fsp3) is 0.304. The predicted molar refractivity (Wildman–Crippen MR) is 114 cm³/mol. The van der Waals surface area contributed by atoms with Crippen molar-refractivity contribution in [1.29, 1.82) is 0 Å². The van der Waals surface area contributed by atoms with Gasteiger partial charge in [-0.2, -0.15) is 0 Å². The number of carbonyl (C=O) groups excluding carboxylic acids is 3. The Hall–Kier alpha value is -3.72. The average Bonchev–Trinajstić information content (AvgIpc) is 2.72. The molecule has 0 aliphatic rings. The highest BCUT2D eigenvalue weighted by Crippen LogP contribution is 2.29. The van der Waals surface area contributed by atoms with Crippen molar-refractivity contribution in [2.45, 2.75) is 39.3 Å². The zero-order chi connectivity index (χ0) is 23.7. The molecular formula is C23H25NO8. The summed E-state index contributed by atoms with van der Waals surface area (Å²) < 4.78 is 15.4. The van der Waals surface area contributed by atoms with Crippen molar-refractivity contribution >= 4 is 23.9 Å². The number of carboxylic acid groups (broad SMARTS) is 1. The smallest absolute Gasteiger partial charge is 0.338 e. The molecule has 0 radical (unpaired) electrons. The Balaban J connectivity index is 2.03. The number of hydrogen-bond acceptors (Lipinski definition) is 8. The fourth-order valence-electron chi connectivity index (χ4n) is 2.81. The van der Waals surface area contributed by atoms with Crippen LogP contribution in [-0.4, -0.2) is 47.7 Å². The summed E-state index contributed by atoms with van der Waals surface area (Å²) in [5.41, 5.74) is 0.936. The molecule has 2 rings (SSSR count). The van der Waals surface area contributed by atoms with Crippen LogP contribution in [0.1, 0.15) is 36.7 Å². The van der Waals surface area contributed by atoms with Gasteiger partial charge < -0.3 is 24.6 Å². The van der Waals surface area contributed by atoms with Crippen LogP contribution in [0.3, 0.4) is 0 Å². The van der Waals surface area contributed by atoms with E-state index >= 15 is 0 Å². The van der Waals surface area contributed by atoms with Crippen molar-refractivity contribution in [2.24, 2.45) is 0 Å². The van der Waals surface area contributed by atoms with Crippen LogP contribution < -0.4 is 14.8 Å². The average molecular weight is 443 g/mol. The van der Waals surface area contributed by atoms with Gasteiger partial charge in [-0.25, -0.2) is 4.79 Å². The highest BCUT2D eigenvalue weighted by Gasteiger charge is 2.21. The third-order valence-corrected chi connectivity index (χ3v) is 4.22. The molecule has 2 aromatic carbocycles. The minimum absolute atomic E-state index is 0.0134. The summed E-state index contributed by atoms with van der Waals surface area (Å²) in [5, 5.41) is 12.4. The second-order valence-electron chi connectivity index (χ2n) is 7.05. The Morgan fingerprint density at radius 3 is 2.16 bits per heavy atom. The summed E-state index contributed by atoms with van der Waals surface area (Å²) >= 11 is 0. The SMILES string of the molecule is CC(=O)Oc1ccc(C[C@H](NCC(C)OC(=O)c2ccccc2)C(=O)O)cc1OC(C)=O. The van der Waals surface area contributed by atoms with E-state index in [4.69, 9.17) is 14.2 Å². The molecule has 0 aromatic heterocycles. The molecule has 0 fully saturated rings. The highest BCUT2D eigenvalue weighted by atomic mass is 16.6. The second kappa shape index (κ2) is 11.6. The minimum atomic E-state index is -1.11. The van der Waals surface area contributed by atoms with Gasteiger partial charge in [0.25, 0.3) is 0 Å². The Kier molecular flexibility index (Phi) is 8.91. The van der Waals surface area contributed by atoms with Gasteiger partial charge in [-0.05, 0) is 43.2 Å². The Morgan fingerprint density at radius 1 is 0.938 bits per heavy atom. The second-order valence-corrected chi connectivity index (χ2v) is 7.05. The van der Waals surface area contributed by atoms with Gasteiger partial charge in [0.1, 0.15) is 12.1 Å². The molecule has 0 aliphatic heterocycles. The molecule has 1 unspecified atom stereocenters. The number of nitrogens with one attached hydrogen (secondary N) is 1. The lowest BCUT2D eigenvalue weighted by atomic mass is 10.0. The molecule has 0 aliphatic carbocycles. The normalized spacial score (nSPS) is 12.3. The van der Waals surface area contributed by atoms with Crippen molar-refractivity contribution < 1.29 is 38.5 Å². The Bertz CT molecular complexity index is 973. The molecular weight excluding hydrogens is 418 g/mol. The molecule has 0 saturated carbocycles. The third-order valence-electron chi connectivity index (χ3n) is 4.22. The summed E-state index contributed by atoms with van der Waals surface area (Å²) in [6.07, 6.45) is -0.531. The van der Waals surface area contributed by atoms with E-state index in [1.807, 2.05) is 0 Å². The monoisotopic (exact) mass is 443 g/mol. The molecule has 9 heteroatoms. The predicted octanol–water partition coefficient (Wildman–Crippen LogP) is 2.37. The standard InChI is InChI=1S/C23H25NO8/c1-14(30-23(29)18-7-5-4-6-8-18)13-24-19(22(27)28)11-17-9-10-20(31-15(2)25)21(12-17)32-16(3)26/h4-10,12,14,19,24H,11,13H2,1-3H3,(H,27,28)/t14?,19-/m0/s1. The maximum absolute atomic E-state index is 12.1. The van der Waals surface area contributed by atoms with E-state index in [1.54, 1.807) is 43.3 Å². The lowest BCUT2D eigenvalue weighted by Gasteiger charge is -2.19. The van der Waals surface area contributed by atoms with Crippen LogP contribution in [0.15, 0.2) is 48.5 Å². The first kappa shape index (κ1) is 24.5. The van der Waals surface area contributed by atoms with Crippen LogP contribution in [-0.2, 0) is 25.5 Å². The molecule has 32 heavy (non-hydrogen) atoms. The van der Waals surface area contributed by atoms with Gasteiger partial charge in [0, 0.05) is 20.4 Å². The fourth-order valence-corrected chi connectivity index (χ4v) is 2.81. The van der Waals surface area contributed by atoms with Crippen LogP contribution in [0.2, 0.25) is 0 Å². The van der Waals surface area contributed by atoms with Crippen molar-refractivity contribution in [2.75, 3.05) is 6.54 Å². The maximum Gasteiger partial charge on any atom is 0.338 e. The van der Waals surface area contributed by atoms with E-state index in [0.29, 0.717) is 11.1 Å². The number of esters is 3. The number of rotatable bonds is 10. The van der Waals surface area contributed by atoms with Crippen molar-refractivity contribution in [3.63, 3.8) is 0 Å². The summed E-state index contributed by atoms with van der Waals surface area (Å²) in [5.74, 6) is -2.74. The van der Waals surface area contributed by atoms with E-state index < -0.39 is 36.0 Å². The van der Waals surface area contributed by atoms with Gasteiger partial charge in [-0.15, -0.1) is 0 Å². The van der Waals surface area contributed by atoms with Crippen LogP contribution in [0.25, 0.3) is 0 Å². The maximum atomic E-state index is 12.1. The van der Waals surface area contributed by atoms with Gasteiger partial charge in [0.2, 0.25) is 0 Å². The van der Waals surface area contributed by atoms with Crippen molar-refractivity contribution in [3.8, 4) is 11.5 Å². The largest absolute Gasteiger partial charge is 0.480 e. The molecule has 0 amide bonds. The van der Waals surface area contributed by atoms with Gasteiger partial charge in [0.15, 0.2) is 11.5 Å². The quantitative estimate of drug-likeness (QED) is 0.420. The summed E-state index contributed by atoms with van der Waals surface area (Å²) in [6, 6.07) is 11.9. The molecule has 9 nitrogen and oxygen atoms in total. The van der Waals surface area contributed by atoms with Gasteiger partial charge in [0.05, 0.1) is 5.56 Å². The van der Waals surface area contributed by atoms with Gasteiger partial charge >= 0.3 is 23.9 Å².